The van der Waals surface area contributed by atoms with E-state index in [1.807, 2.05) is 36.1 Å². The molecule has 0 bridgehead atoms. The summed E-state index contributed by atoms with van der Waals surface area (Å²) < 4.78 is 5.44. The molecule has 0 saturated carbocycles. The summed E-state index contributed by atoms with van der Waals surface area (Å²) in [6.45, 7) is 4.87. The quantitative estimate of drug-likeness (QED) is 0.222. The third-order valence-electron chi connectivity index (χ3n) is 7.19. The molecule has 5 rings (SSSR count). The molecule has 1 N–H and O–H groups in total. The van der Waals surface area contributed by atoms with Crippen LogP contribution in [0.2, 0.25) is 10.0 Å². The number of likely N-dealkylation sites (tertiary alicyclic amines) is 1. The summed E-state index contributed by atoms with van der Waals surface area (Å²) in [5.41, 5.74) is 5.88. The molecule has 1 aromatic heterocycles. The van der Waals surface area contributed by atoms with E-state index >= 15 is 0 Å². The van der Waals surface area contributed by atoms with E-state index in [-0.39, 0.29) is 30.9 Å². The van der Waals surface area contributed by atoms with E-state index in [1.165, 1.54) is 5.56 Å². The molecular formula is C32H31Cl2N3O3S. The maximum absolute atomic E-state index is 12.8. The van der Waals surface area contributed by atoms with Gasteiger partial charge in [0.15, 0.2) is 0 Å². The highest BCUT2D eigenvalue weighted by Crippen LogP contribution is 2.42. The second-order valence-electron chi connectivity index (χ2n) is 10.3. The molecule has 6 nitrogen and oxygen atoms in total. The lowest BCUT2D eigenvalue weighted by molar-refractivity contribution is -0.138. The topological polar surface area (TPSA) is 71.5 Å². The van der Waals surface area contributed by atoms with Gasteiger partial charge in [0, 0.05) is 40.3 Å². The van der Waals surface area contributed by atoms with Crippen LogP contribution in [0.5, 0.6) is 0 Å². The molecule has 2 amide bonds. The van der Waals surface area contributed by atoms with E-state index < -0.39 is 0 Å². The van der Waals surface area contributed by atoms with Crippen LogP contribution in [-0.4, -0.2) is 48.0 Å². The highest BCUT2D eigenvalue weighted by atomic mass is 35.5. The van der Waals surface area contributed by atoms with Crippen molar-refractivity contribution in [1.29, 1.82) is 0 Å². The number of aryl methyl sites for hydroxylation is 2. The second kappa shape index (κ2) is 13.2. The van der Waals surface area contributed by atoms with Gasteiger partial charge in [-0.25, -0.2) is 4.98 Å². The molecule has 4 aromatic rings. The van der Waals surface area contributed by atoms with Crippen molar-refractivity contribution in [2.75, 3.05) is 31.6 Å². The van der Waals surface area contributed by atoms with Gasteiger partial charge in [0.05, 0.1) is 15.6 Å². The fraction of sp³-hybridized carbons (Fsp3) is 0.281. The van der Waals surface area contributed by atoms with Crippen LogP contribution in [0, 0.1) is 13.8 Å². The Balaban J connectivity index is 1.18. The molecule has 1 aliphatic rings. The molecule has 1 aliphatic heterocycles. The summed E-state index contributed by atoms with van der Waals surface area (Å²) in [6, 6.07) is 21.6. The summed E-state index contributed by atoms with van der Waals surface area (Å²) >= 11 is 13.8. The number of hydrogen-bond donors (Lipinski definition) is 1. The number of carbonyl (C=O) groups excluding carboxylic acids is 2. The number of piperidine rings is 1. The maximum atomic E-state index is 12.8. The first-order valence-electron chi connectivity index (χ1n) is 13.5. The number of ether oxygens (including phenoxy) is 1. The third kappa shape index (κ3) is 7.35. The minimum absolute atomic E-state index is 0.111. The van der Waals surface area contributed by atoms with Crippen LogP contribution in [0.15, 0.2) is 66.7 Å². The predicted octanol–water partition coefficient (Wildman–Crippen LogP) is 7.76. The first-order valence-corrected chi connectivity index (χ1v) is 15.1. The van der Waals surface area contributed by atoms with E-state index in [9.17, 15) is 9.59 Å². The van der Waals surface area contributed by atoms with Crippen molar-refractivity contribution in [3.8, 4) is 21.7 Å². The van der Waals surface area contributed by atoms with Crippen molar-refractivity contribution < 1.29 is 14.3 Å². The zero-order chi connectivity index (χ0) is 28.9. The van der Waals surface area contributed by atoms with E-state index in [1.54, 1.807) is 29.5 Å². The molecule has 0 radical (unpaired) electrons. The number of nitrogens with zero attached hydrogens (tertiary/aromatic N) is 2. The Morgan fingerprint density at radius 2 is 1.59 bits per heavy atom. The summed E-state index contributed by atoms with van der Waals surface area (Å²) in [4.78, 5) is 33.1. The molecule has 0 aliphatic carbocycles. The standard InChI is InChI=1S/C32H31Cl2N3O3S/c1-20-3-5-23(6-4-20)31-30(22-7-9-25(33)10-8-22)36-32(41-31)24-13-15-37(16-14-24)29(39)19-40-18-28(38)35-27-12-11-26(34)17-21(27)2/h3-12,17,24H,13-16,18-19H2,1-2H3,(H,35,38). The van der Waals surface area contributed by atoms with E-state index in [0.717, 1.165) is 45.1 Å². The van der Waals surface area contributed by atoms with Gasteiger partial charge < -0.3 is 15.0 Å². The summed E-state index contributed by atoms with van der Waals surface area (Å²) in [5, 5.41) is 5.18. The van der Waals surface area contributed by atoms with Crippen molar-refractivity contribution in [3.05, 3.63) is 92.9 Å². The molecule has 2 heterocycles. The zero-order valence-electron chi connectivity index (χ0n) is 23.0. The van der Waals surface area contributed by atoms with Crippen LogP contribution in [0.3, 0.4) is 0 Å². The number of nitrogens with one attached hydrogen (secondary N) is 1. The second-order valence-corrected chi connectivity index (χ2v) is 12.2. The lowest BCUT2D eigenvalue weighted by atomic mass is 9.97. The van der Waals surface area contributed by atoms with Crippen molar-refractivity contribution in [2.45, 2.75) is 32.6 Å². The average molecular weight is 609 g/mol. The predicted molar refractivity (Wildman–Crippen MR) is 167 cm³/mol. The fourth-order valence-electron chi connectivity index (χ4n) is 4.87. The van der Waals surface area contributed by atoms with Crippen molar-refractivity contribution >= 4 is 52.0 Å². The van der Waals surface area contributed by atoms with Gasteiger partial charge in [-0.3, -0.25) is 9.59 Å². The smallest absolute Gasteiger partial charge is 0.250 e. The van der Waals surface area contributed by atoms with Gasteiger partial charge >= 0.3 is 0 Å². The minimum Gasteiger partial charge on any atom is -0.362 e. The monoisotopic (exact) mass is 607 g/mol. The van der Waals surface area contributed by atoms with Gasteiger partial charge in [-0.15, -0.1) is 11.3 Å². The van der Waals surface area contributed by atoms with Gasteiger partial charge in [0.25, 0.3) is 0 Å². The molecule has 1 saturated heterocycles. The van der Waals surface area contributed by atoms with Crippen molar-refractivity contribution in [3.63, 3.8) is 0 Å². The average Bonchev–Trinajstić information content (AvgIpc) is 3.41. The normalized spacial score (nSPS) is 13.8. The van der Waals surface area contributed by atoms with Crippen molar-refractivity contribution in [2.24, 2.45) is 0 Å². The number of halogens is 2. The molecule has 212 valence electrons. The first-order chi connectivity index (χ1) is 19.8. The van der Waals surface area contributed by atoms with Gasteiger partial charge in [0.2, 0.25) is 11.8 Å². The van der Waals surface area contributed by atoms with Crippen molar-refractivity contribution in [1.82, 2.24) is 9.88 Å². The lowest BCUT2D eigenvalue weighted by Gasteiger charge is -2.31. The number of hydrogen-bond acceptors (Lipinski definition) is 5. The number of carbonyl (C=O) groups is 2. The van der Waals surface area contributed by atoms with Gasteiger partial charge in [-0.1, -0.05) is 65.2 Å². The number of anilines is 1. The number of amides is 2. The Labute approximate surface area is 254 Å². The number of thiazole rings is 1. The summed E-state index contributed by atoms with van der Waals surface area (Å²) in [5.74, 6) is -0.157. The van der Waals surface area contributed by atoms with Gasteiger partial charge in [-0.05, 0) is 68.1 Å². The highest BCUT2D eigenvalue weighted by molar-refractivity contribution is 7.15. The Morgan fingerprint density at radius 3 is 2.27 bits per heavy atom. The van der Waals surface area contributed by atoms with Gasteiger partial charge in [-0.2, -0.15) is 0 Å². The fourth-order valence-corrected chi connectivity index (χ4v) is 6.48. The van der Waals surface area contributed by atoms with E-state index in [2.05, 4.69) is 36.5 Å². The molecule has 0 spiro atoms. The number of rotatable bonds is 8. The zero-order valence-corrected chi connectivity index (χ0v) is 25.3. The highest BCUT2D eigenvalue weighted by Gasteiger charge is 2.27. The number of benzene rings is 3. The van der Waals surface area contributed by atoms with E-state index in [4.69, 9.17) is 32.9 Å². The third-order valence-corrected chi connectivity index (χ3v) is 8.95. The van der Waals surface area contributed by atoms with Crippen LogP contribution in [0.1, 0.15) is 34.9 Å². The summed E-state index contributed by atoms with van der Waals surface area (Å²) in [6.07, 6.45) is 1.64. The number of aromatic nitrogens is 1. The Hall–Kier alpha value is -3.23. The van der Waals surface area contributed by atoms with Crippen LogP contribution < -0.4 is 5.32 Å². The Kier molecular flexibility index (Phi) is 9.40. The van der Waals surface area contributed by atoms with Crippen LogP contribution in [0.4, 0.5) is 5.69 Å². The van der Waals surface area contributed by atoms with Crippen LogP contribution in [0.25, 0.3) is 21.7 Å². The van der Waals surface area contributed by atoms with Crippen LogP contribution in [-0.2, 0) is 14.3 Å². The molecular weight excluding hydrogens is 577 g/mol. The Morgan fingerprint density at radius 1 is 0.927 bits per heavy atom. The Bertz CT molecular complexity index is 1470. The van der Waals surface area contributed by atoms with E-state index in [0.29, 0.717) is 28.8 Å². The molecule has 41 heavy (non-hydrogen) atoms. The molecule has 0 atom stereocenters. The lowest BCUT2D eigenvalue weighted by Crippen LogP contribution is -2.40. The molecule has 9 heteroatoms. The molecule has 0 unspecified atom stereocenters. The van der Waals surface area contributed by atoms with Crippen LogP contribution >= 0.6 is 34.5 Å². The SMILES string of the molecule is Cc1ccc(-c2sc(C3CCN(C(=O)COCC(=O)Nc4ccc(Cl)cc4C)CC3)nc2-c2ccc(Cl)cc2)cc1. The minimum atomic E-state index is -0.313. The first kappa shape index (κ1) is 29.3. The summed E-state index contributed by atoms with van der Waals surface area (Å²) in [7, 11) is 0. The largest absolute Gasteiger partial charge is 0.362 e. The molecule has 1 fully saturated rings. The van der Waals surface area contributed by atoms with Gasteiger partial charge in [0.1, 0.15) is 13.2 Å². The maximum Gasteiger partial charge on any atom is 0.250 e. The molecule has 3 aromatic carbocycles.